The van der Waals surface area contributed by atoms with Crippen LogP contribution in [-0.2, 0) is 13.0 Å². The molecule has 0 saturated carbocycles. The fourth-order valence-corrected chi connectivity index (χ4v) is 2.37. The van der Waals surface area contributed by atoms with Gasteiger partial charge in [0, 0.05) is 6.54 Å². The van der Waals surface area contributed by atoms with Crippen LogP contribution in [0.3, 0.4) is 0 Å². The number of amides is 1. The summed E-state index contributed by atoms with van der Waals surface area (Å²) in [6.07, 6.45) is 3.43. The van der Waals surface area contributed by atoms with E-state index in [1.165, 1.54) is 5.56 Å². The van der Waals surface area contributed by atoms with Gasteiger partial charge in [0.25, 0.3) is 5.91 Å². The highest BCUT2D eigenvalue weighted by Crippen LogP contribution is 2.06. The average Bonchev–Trinajstić information content (AvgIpc) is 3.18. The van der Waals surface area contributed by atoms with Crippen molar-refractivity contribution in [1.29, 1.82) is 0 Å². The topological polar surface area (TPSA) is 80.0 Å². The molecule has 0 aliphatic carbocycles. The molecule has 3 rings (SSSR count). The van der Waals surface area contributed by atoms with E-state index in [2.05, 4.69) is 33.0 Å². The Hall–Kier alpha value is -3.15. The Morgan fingerprint density at radius 1 is 1.00 bits per heavy atom. The minimum absolute atomic E-state index is 0.210. The number of benzene rings is 1. The van der Waals surface area contributed by atoms with Crippen LogP contribution in [0, 0.1) is 0 Å². The van der Waals surface area contributed by atoms with Gasteiger partial charge in [0.15, 0.2) is 5.69 Å². The number of carbonyl (C=O) groups excluding carboxylic acids is 1. The van der Waals surface area contributed by atoms with E-state index >= 15 is 0 Å². The van der Waals surface area contributed by atoms with Gasteiger partial charge < -0.3 is 15.1 Å². The Kier molecular flexibility index (Phi) is 5.77. The molecule has 128 valence electrons. The van der Waals surface area contributed by atoms with Gasteiger partial charge >= 0.3 is 0 Å². The van der Waals surface area contributed by atoms with Crippen LogP contribution >= 0.6 is 0 Å². The third-order valence-electron chi connectivity index (χ3n) is 3.69. The normalized spacial score (nSPS) is 10.4. The van der Waals surface area contributed by atoms with Gasteiger partial charge in [-0.2, -0.15) is 0 Å². The Balaban J connectivity index is 1.41. The van der Waals surface area contributed by atoms with Crippen LogP contribution in [0.5, 0.6) is 0 Å². The van der Waals surface area contributed by atoms with Gasteiger partial charge in [0.05, 0.1) is 12.8 Å². The molecule has 0 atom stereocenters. The standard InChI is InChI=1S/C19H20N4O2/c24-19(20-12-4-8-15-6-2-1-3-7-15)17-10-11-18(23-22-17)21-14-16-9-5-13-25-16/h1-3,5-7,9-11,13H,4,8,12,14H2,(H,20,24)(H,21,23). The first-order valence-corrected chi connectivity index (χ1v) is 8.23. The second-order valence-electron chi connectivity index (χ2n) is 5.58. The molecule has 6 heteroatoms. The molecule has 2 heterocycles. The van der Waals surface area contributed by atoms with E-state index in [-0.39, 0.29) is 5.91 Å². The lowest BCUT2D eigenvalue weighted by atomic mass is 10.1. The zero-order chi connectivity index (χ0) is 17.3. The number of aromatic nitrogens is 2. The van der Waals surface area contributed by atoms with Crippen molar-refractivity contribution >= 4 is 11.7 Å². The van der Waals surface area contributed by atoms with Gasteiger partial charge in [0.1, 0.15) is 11.6 Å². The lowest BCUT2D eigenvalue weighted by Gasteiger charge is -2.06. The van der Waals surface area contributed by atoms with Crippen molar-refractivity contribution < 1.29 is 9.21 Å². The van der Waals surface area contributed by atoms with Gasteiger partial charge in [-0.3, -0.25) is 4.79 Å². The van der Waals surface area contributed by atoms with Crippen LogP contribution in [0.2, 0.25) is 0 Å². The van der Waals surface area contributed by atoms with Crippen LogP contribution in [0.25, 0.3) is 0 Å². The van der Waals surface area contributed by atoms with E-state index in [9.17, 15) is 4.79 Å². The summed E-state index contributed by atoms with van der Waals surface area (Å²) in [6, 6.07) is 17.3. The lowest BCUT2D eigenvalue weighted by Crippen LogP contribution is -2.26. The van der Waals surface area contributed by atoms with Gasteiger partial charge in [-0.25, -0.2) is 0 Å². The van der Waals surface area contributed by atoms with Crippen LogP contribution < -0.4 is 10.6 Å². The highest BCUT2D eigenvalue weighted by molar-refractivity contribution is 5.92. The molecule has 0 radical (unpaired) electrons. The molecule has 0 unspecified atom stereocenters. The number of hydrogen-bond donors (Lipinski definition) is 2. The minimum Gasteiger partial charge on any atom is -0.467 e. The predicted octanol–water partition coefficient (Wildman–Crippen LogP) is 3.04. The molecule has 2 N–H and O–H groups in total. The van der Waals surface area contributed by atoms with Gasteiger partial charge in [-0.1, -0.05) is 30.3 Å². The van der Waals surface area contributed by atoms with Gasteiger partial charge in [-0.15, -0.1) is 10.2 Å². The number of rotatable bonds is 8. The average molecular weight is 336 g/mol. The highest BCUT2D eigenvalue weighted by atomic mass is 16.3. The van der Waals surface area contributed by atoms with E-state index in [1.54, 1.807) is 18.4 Å². The van der Waals surface area contributed by atoms with Crippen molar-refractivity contribution in [3.63, 3.8) is 0 Å². The fraction of sp³-hybridized carbons (Fsp3) is 0.211. The summed E-state index contributed by atoms with van der Waals surface area (Å²) in [4.78, 5) is 12.1. The van der Waals surface area contributed by atoms with Crippen molar-refractivity contribution in [1.82, 2.24) is 15.5 Å². The number of anilines is 1. The summed E-state index contributed by atoms with van der Waals surface area (Å²) in [5, 5.41) is 13.9. The molecule has 2 aromatic heterocycles. The highest BCUT2D eigenvalue weighted by Gasteiger charge is 2.07. The first-order valence-electron chi connectivity index (χ1n) is 8.23. The summed E-state index contributed by atoms with van der Waals surface area (Å²) in [7, 11) is 0. The van der Waals surface area contributed by atoms with Crippen LogP contribution in [0.15, 0.2) is 65.3 Å². The molecule has 0 saturated heterocycles. The quantitative estimate of drug-likeness (QED) is 0.618. The molecule has 0 aliphatic rings. The molecule has 0 spiro atoms. The first-order chi connectivity index (χ1) is 12.3. The molecule has 25 heavy (non-hydrogen) atoms. The number of hydrogen-bond acceptors (Lipinski definition) is 5. The fourth-order valence-electron chi connectivity index (χ4n) is 2.37. The summed E-state index contributed by atoms with van der Waals surface area (Å²) >= 11 is 0. The number of aryl methyl sites for hydroxylation is 1. The summed E-state index contributed by atoms with van der Waals surface area (Å²) in [5.74, 6) is 1.19. The minimum atomic E-state index is -0.210. The summed E-state index contributed by atoms with van der Waals surface area (Å²) < 4.78 is 5.23. The molecular formula is C19H20N4O2. The molecule has 0 bridgehead atoms. The maximum absolute atomic E-state index is 12.1. The van der Waals surface area contributed by atoms with E-state index < -0.39 is 0 Å². The second kappa shape index (κ2) is 8.63. The van der Waals surface area contributed by atoms with Crippen molar-refractivity contribution in [2.45, 2.75) is 19.4 Å². The number of nitrogens with zero attached hydrogens (tertiary/aromatic N) is 2. The number of furan rings is 1. The lowest BCUT2D eigenvalue weighted by molar-refractivity contribution is 0.0947. The van der Waals surface area contributed by atoms with Crippen molar-refractivity contribution in [2.24, 2.45) is 0 Å². The van der Waals surface area contributed by atoms with Crippen LogP contribution in [-0.4, -0.2) is 22.6 Å². The van der Waals surface area contributed by atoms with Crippen molar-refractivity contribution in [2.75, 3.05) is 11.9 Å². The maximum atomic E-state index is 12.1. The maximum Gasteiger partial charge on any atom is 0.271 e. The molecule has 1 aromatic carbocycles. The Morgan fingerprint density at radius 3 is 2.60 bits per heavy atom. The number of carbonyl (C=O) groups is 1. The Bertz CT molecular complexity index is 771. The zero-order valence-corrected chi connectivity index (χ0v) is 13.8. The van der Waals surface area contributed by atoms with Crippen LogP contribution in [0.1, 0.15) is 28.2 Å². The molecule has 6 nitrogen and oxygen atoms in total. The van der Waals surface area contributed by atoms with Gasteiger partial charge in [-0.05, 0) is 42.7 Å². The monoisotopic (exact) mass is 336 g/mol. The predicted molar refractivity (Wildman–Crippen MR) is 95.2 cm³/mol. The first kappa shape index (κ1) is 16.7. The summed E-state index contributed by atoms with van der Waals surface area (Å²) in [6.45, 7) is 1.13. The third-order valence-corrected chi connectivity index (χ3v) is 3.69. The van der Waals surface area contributed by atoms with E-state index in [4.69, 9.17) is 4.42 Å². The largest absolute Gasteiger partial charge is 0.467 e. The smallest absolute Gasteiger partial charge is 0.271 e. The SMILES string of the molecule is O=C(NCCCc1ccccc1)c1ccc(NCc2ccco2)nn1. The zero-order valence-electron chi connectivity index (χ0n) is 13.8. The third kappa shape index (κ3) is 5.17. The van der Waals surface area contributed by atoms with Crippen LogP contribution in [0.4, 0.5) is 5.82 Å². The van der Waals surface area contributed by atoms with E-state index in [0.717, 1.165) is 18.6 Å². The van der Waals surface area contributed by atoms with E-state index in [0.29, 0.717) is 24.6 Å². The van der Waals surface area contributed by atoms with Crippen molar-refractivity contribution in [3.05, 3.63) is 77.9 Å². The van der Waals surface area contributed by atoms with Crippen molar-refractivity contribution in [3.8, 4) is 0 Å². The number of nitrogens with one attached hydrogen (secondary N) is 2. The van der Waals surface area contributed by atoms with Gasteiger partial charge in [0.2, 0.25) is 0 Å². The Labute approximate surface area is 146 Å². The second-order valence-corrected chi connectivity index (χ2v) is 5.58. The molecule has 0 fully saturated rings. The summed E-state index contributed by atoms with van der Waals surface area (Å²) in [5.41, 5.74) is 1.58. The Morgan fingerprint density at radius 2 is 1.88 bits per heavy atom. The molecule has 1 amide bonds. The molecule has 0 aliphatic heterocycles. The molecular weight excluding hydrogens is 316 g/mol. The van der Waals surface area contributed by atoms with E-state index in [1.807, 2.05) is 30.3 Å². The molecule has 3 aromatic rings.